The summed E-state index contributed by atoms with van der Waals surface area (Å²) in [5.74, 6) is 2.54. The van der Waals surface area contributed by atoms with E-state index in [-0.39, 0.29) is 0 Å². The van der Waals surface area contributed by atoms with Crippen molar-refractivity contribution >= 4 is 27.4 Å². The van der Waals surface area contributed by atoms with Crippen molar-refractivity contribution < 1.29 is 0 Å². The molecule has 0 amide bonds. The predicted molar refractivity (Wildman–Crippen MR) is 77.5 cm³/mol. The summed E-state index contributed by atoms with van der Waals surface area (Å²) in [7, 11) is 0. The van der Waals surface area contributed by atoms with Gasteiger partial charge in [0.1, 0.15) is 16.5 Å². The molecular formula is C14H19N3S. The Morgan fingerprint density at radius 2 is 2.11 bits per heavy atom. The van der Waals surface area contributed by atoms with Crippen molar-refractivity contribution in [3.05, 3.63) is 16.3 Å². The number of hydrogen-bond donors (Lipinski definition) is 1. The number of rotatable bonds is 3. The highest BCUT2D eigenvalue weighted by Crippen LogP contribution is 2.39. The highest BCUT2D eigenvalue weighted by atomic mass is 32.1. The summed E-state index contributed by atoms with van der Waals surface area (Å²) < 4.78 is 0. The molecule has 2 heterocycles. The number of aromatic nitrogens is 2. The summed E-state index contributed by atoms with van der Waals surface area (Å²) in [4.78, 5) is 11.9. The largest absolute Gasteiger partial charge is 0.369 e. The zero-order valence-electron chi connectivity index (χ0n) is 11.2. The second kappa shape index (κ2) is 4.50. The lowest BCUT2D eigenvalue weighted by molar-refractivity contribution is 0.687. The van der Waals surface area contributed by atoms with Gasteiger partial charge in [-0.2, -0.15) is 0 Å². The Morgan fingerprint density at radius 3 is 2.89 bits per heavy atom. The Balaban J connectivity index is 2.10. The molecule has 0 fully saturated rings. The first-order chi connectivity index (χ1) is 8.65. The van der Waals surface area contributed by atoms with Crippen LogP contribution in [-0.4, -0.2) is 16.5 Å². The second-order valence-electron chi connectivity index (χ2n) is 5.43. The number of aryl methyl sites for hydroxylation is 3. The third-order valence-electron chi connectivity index (χ3n) is 3.35. The smallest absolute Gasteiger partial charge is 0.138 e. The molecule has 1 N–H and O–H groups in total. The fourth-order valence-corrected chi connectivity index (χ4v) is 3.84. The van der Waals surface area contributed by atoms with Gasteiger partial charge in [-0.25, -0.2) is 9.97 Å². The van der Waals surface area contributed by atoms with Crippen LogP contribution in [0.2, 0.25) is 0 Å². The highest BCUT2D eigenvalue weighted by Gasteiger charge is 2.21. The van der Waals surface area contributed by atoms with Crippen LogP contribution < -0.4 is 5.32 Å². The number of hydrogen-bond acceptors (Lipinski definition) is 4. The van der Waals surface area contributed by atoms with Gasteiger partial charge in [0, 0.05) is 11.4 Å². The van der Waals surface area contributed by atoms with E-state index in [0.717, 1.165) is 18.2 Å². The van der Waals surface area contributed by atoms with Gasteiger partial charge in [0.25, 0.3) is 0 Å². The van der Waals surface area contributed by atoms with Crippen molar-refractivity contribution in [1.82, 2.24) is 9.97 Å². The summed E-state index contributed by atoms with van der Waals surface area (Å²) in [5, 5.41) is 4.79. The second-order valence-corrected chi connectivity index (χ2v) is 6.52. The molecule has 3 nitrogen and oxygen atoms in total. The highest BCUT2D eigenvalue weighted by molar-refractivity contribution is 7.19. The van der Waals surface area contributed by atoms with Gasteiger partial charge in [-0.15, -0.1) is 11.3 Å². The number of nitrogens with zero attached hydrogens (tertiary/aromatic N) is 2. The standard InChI is InChI=1S/C14H19N3S/c1-8(2)7-15-13-12-10-5-4-6-11(10)18-14(12)17-9(3)16-13/h8H,4-7H2,1-3H3,(H,15,16,17). The average molecular weight is 261 g/mol. The summed E-state index contributed by atoms with van der Waals surface area (Å²) in [6, 6.07) is 0. The van der Waals surface area contributed by atoms with Gasteiger partial charge >= 0.3 is 0 Å². The molecule has 3 rings (SSSR count). The molecule has 0 unspecified atom stereocenters. The summed E-state index contributed by atoms with van der Waals surface area (Å²) >= 11 is 1.86. The van der Waals surface area contributed by atoms with Crippen LogP contribution in [0, 0.1) is 12.8 Å². The average Bonchev–Trinajstić information content (AvgIpc) is 2.84. The molecule has 0 atom stereocenters. The molecule has 4 heteroatoms. The topological polar surface area (TPSA) is 37.8 Å². The van der Waals surface area contributed by atoms with Crippen LogP contribution in [0.4, 0.5) is 5.82 Å². The van der Waals surface area contributed by atoms with Crippen LogP contribution in [0.15, 0.2) is 0 Å². The van der Waals surface area contributed by atoms with Gasteiger partial charge in [-0.05, 0) is 37.7 Å². The van der Waals surface area contributed by atoms with Crippen LogP contribution in [-0.2, 0) is 12.8 Å². The van der Waals surface area contributed by atoms with Gasteiger partial charge < -0.3 is 5.32 Å². The third kappa shape index (κ3) is 1.99. The van der Waals surface area contributed by atoms with Gasteiger partial charge in [0.15, 0.2) is 0 Å². The minimum Gasteiger partial charge on any atom is -0.369 e. The van der Waals surface area contributed by atoms with Crippen molar-refractivity contribution in [1.29, 1.82) is 0 Å². The molecule has 0 saturated heterocycles. The van der Waals surface area contributed by atoms with E-state index in [1.807, 2.05) is 18.3 Å². The first-order valence-corrected chi connectivity index (χ1v) is 7.49. The van der Waals surface area contributed by atoms with Gasteiger partial charge in [0.2, 0.25) is 0 Å². The number of anilines is 1. The van der Waals surface area contributed by atoms with Crippen molar-refractivity contribution in [3.8, 4) is 0 Å². The van der Waals surface area contributed by atoms with Crippen LogP contribution >= 0.6 is 11.3 Å². The van der Waals surface area contributed by atoms with Gasteiger partial charge in [0.05, 0.1) is 5.39 Å². The van der Waals surface area contributed by atoms with E-state index in [1.165, 1.54) is 39.9 Å². The van der Waals surface area contributed by atoms with E-state index >= 15 is 0 Å². The van der Waals surface area contributed by atoms with Crippen LogP contribution in [0.25, 0.3) is 10.2 Å². The molecule has 2 aromatic rings. The molecule has 0 radical (unpaired) electrons. The van der Waals surface area contributed by atoms with Crippen LogP contribution in [0.3, 0.4) is 0 Å². The SMILES string of the molecule is Cc1nc(NCC(C)C)c2c3c(sc2n1)CCC3. The fraction of sp³-hybridized carbons (Fsp3) is 0.571. The lowest BCUT2D eigenvalue weighted by Gasteiger charge is -2.10. The van der Waals surface area contributed by atoms with Crippen molar-refractivity contribution in [2.45, 2.75) is 40.0 Å². The zero-order chi connectivity index (χ0) is 12.7. The van der Waals surface area contributed by atoms with E-state index in [2.05, 4.69) is 29.1 Å². The van der Waals surface area contributed by atoms with E-state index < -0.39 is 0 Å². The lowest BCUT2D eigenvalue weighted by atomic mass is 10.1. The summed E-state index contributed by atoms with van der Waals surface area (Å²) in [6.07, 6.45) is 3.70. The van der Waals surface area contributed by atoms with Gasteiger partial charge in [-0.3, -0.25) is 0 Å². The molecule has 0 saturated carbocycles. The van der Waals surface area contributed by atoms with Crippen molar-refractivity contribution in [2.75, 3.05) is 11.9 Å². The number of thiophene rings is 1. The van der Waals surface area contributed by atoms with E-state index in [4.69, 9.17) is 0 Å². The number of nitrogens with one attached hydrogen (secondary N) is 1. The molecule has 18 heavy (non-hydrogen) atoms. The molecule has 2 aromatic heterocycles. The maximum absolute atomic E-state index is 4.61. The van der Waals surface area contributed by atoms with Gasteiger partial charge in [-0.1, -0.05) is 13.8 Å². The molecular weight excluding hydrogens is 242 g/mol. The van der Waals surface area contributed by atoms with Crippen LogP contribution in [0.1, 0.15) is 36.5 Å². The van der Waals surface area contributed by atoms with Crippen molar-refractivity contribution in [2.24, 2.45) is 5.92 Å². The third-order valence-corrected chi connectivity index (χ3v) is 4.54. The first kappa shape index (κ1) is 11.9. The minimum atomic E-state index is 0.627. The Bertz CT molecular complexity index is 586. The van der Waals surface area contributed by atoms with Crippen molar-refractivity contribution in [3.63, 3.8) is 0 Å². The molecule has 96 valence electrons. The summed E-state index contributed by atoms with van der Waals surface area (Å²) in [6.45, 7) is 7.38. The Hall–Kier alpha value is -1.16. The van der Waals surface area contributed by atoms with Crippen LogP contribution in [0.5, 0.6) is 0 Å². The molecule has 0 spiro atoms. The molecule has 0 aromatic carbocycles. The quantitative estimate of drug-likeness (QED) is 0.918. The molecule has 0 aliphatic heterocycles. The Labute approximate surface area is 112 Å². The summed E-state index contributed by atoms with van der Waals surface area (Å²) in [5.41, 5.74) is 1.50. The van der Waals surface area contributed by atoms with E-state index in [0.29, 0.717) is 5.92 Å². The lowest BCUT2D eigenvalue weighted by Crippen LogP contribution is -2.10. The minimum absolute atomic E-state index is 0.627. The maximum atomic E-state index is 4.61. The Kier molecular flexibility index (Phi) is 2.98. The maximum Gasteiger partial charge on any atom is 0.138 e. The molecule has 1 aliphatic carbocycles. The normalized spacial score (nSPS) is 14.4. The Morgan fingerprint density at radius 1 is 1.28 bits per heavy atom. The first-order valence-electron chi connectivity index (χ1n) is 6.68. The predicted octanol–water partition coefficient (Wildman–Crippen LogP) is 3.56. The monoisotopic (exact) mass is 261 g/mol. The fourth-order valence-electron chi connectivity index (χ4n) is 2.53. The number of fused-ring (bicyclic) bond motifs is 3. The molecule has 1 aliphatic rings. The molecule has 0 bridgehead atoms. The zero-order valence-corrected chi connectivity index (χ0v) is 12.0. The van der Waals surface area contributed by atoms with E-state index in [9.17, 15) is 0 Å². The van der Waals surface area contributed by atoms with E-state index in [1.54, 1.807) is 0 Å².